The topological polar surface area (TPSA) is 51.8 Å². The number of para-hydroxylation sites is 1. The summed E-state index contributed by atoms with van der Waals surface area (Å²) < 4.78 is 6.80. The fourth-order valence-corrected chi connectivity index (χ4v) is 7.90. The molecule has 0 N–H and O–H groups in total. The normalized spacial score (nSPS) is 13.1. The Morgan fingerprint density at radius 2 is 1.06 bits per heavy atom. The zero-order valence-electron chi connectivity index (χ0n) is 26.9. The Morgan fingerprint density at radius 1 is 0.479 bits per heavy atom. The molecule has 0 fully saturated rings. The molecule has 0 amide bonds. The Morgan fingerprint density at radius 3 is 1.79 bits per heavy atom. The lowest BCUT2D eigenvalue weighted by molar-refractivity contribution is 0.490. The molecule has 230 valence electrons. The van der Waals surface area contributed by atoms with Crippen LogP contribution in [0.25, 0.3) is 78.4 Å². The first kappa shape index (κ1) is 28.4. The maximum absolute atomic E-state index is 6.80. The van der Waals surface area contributed by atoms with Gasteiger partial charge in [-0.3, -0.25) is 0 Å². The second-order valence-corrected chi connectivity index (χ2v) is 12.6. The van der Waals surface area contributed by atoms with Crippen molar-refractivity contribution in [1.29, 1.82) is 0 Å². The van der Waals surface area contributed by atoms with Crippen LogP contribution in [0, 0.1) is 0 Å². The van der Waals surface area contributed by atoms with E-state index in [1.165, 1.54) is 22.3 Å². The van der Waals surface area contributed by atoms with Crippen molar-refractivity contribution in [2.24, 2.45) is 0 Å². The van der Waals surface area contributed by atoms with E-state index in [-0.39, 0.29) is 5.41 Å². The molecule has 0 spiro atoms. The highest BCUT2D eigenvalue weighted by atomic mass is 16.3. The van der Waals surface area contributed by atoms with E-state index in [1.807, 2.05) is 42.5 Å². The molecule has 4 heteroatoms. The summed E-state index contributed by atoms with van der Waals surface area (Å²) in [6.45, 7) is 4.62. The highest BCUT2D eigenvalue weighted by Gasteiger charge is 2.41. The smallest absolute Gasteiger partial charge is 0.167 e. The van der Waals surface area contributed by atoms with Crippen LogP contribution < -0.4 is 0 Å². The summed E-state index contributed by atoms with van der Waals surface area (Å²) in [6.07, 6.45) is 2.08. The molecule has 9 rings (SSSR count). The van der Waals surface area contributed by atoms with Crippen molar-refractivity contribution in [3.63, 3.8) is 0 Å². The number of hydrogen-bond donors (Lipinski definition) is 0. The first-order chi connectivity index (χ1) is 23.7. The van der Waals surface area contributed by atoms with Gasteiger partial charge in [-0.25, -0.2) is 15.0 Å². The number of benzene rings is 6. The second-order valence-electron chi connectivity index (χ2n) is 12.6. The number of hydrogen-bond acceptors (Lipinski definition) is 4. The predicted octanol–water partition coefficient (Wildman–Crippen LogP) is 11.5. The van der Waals surface area contributed by atoms with Gasteiger partial charge in [-0.2, -0.15) is 0 Å². The van der Waals surface area contributed by atoms with Gasteiger partial charge in [0.1, 0.15) is 11.2 Å². The molecule has 0 aliphatic heterocycles. The summed E-state index contributed by atoms with van der Waals surface area (Å²) in [4.78, 5) is 15.3. The van der Waals surface area contributed by atoms with Crippen molar-refractivity contribution in [3.8, 4) is 56.4 Å². The lowest BCUT2D eigenvalue weighted by atomic mass is 9.74. The van der Waals surface area contributed by atoms with Crippen molar-refractivity contribution in [2.75, 3.05) is 0 Å². The summed E-state index contributed by atoms with van der Waals surface area (Å²) >= 11 is 0. The standard InChI is InChI=1S/C44H33N3O/c1-3-44(4-2)35-25-14-13-22-32(35)38-36(44)26-27-37-39(38)33-23-15-24-34(40(33)48-37)43-46-41(29-18-9-6-10-19-29)45-42(47-43)31-21-12-11-20-30(31)28-16-7-5-8-17-28/h5-27H,3-4H2,1-2H3. The van der Waals surface area contributed by atoms with Gasteiger partial charge >= 0.3 is 0 Å². The van der Waals surface area contributed by atoms with Crippen LogP contribution in [-0.2, 0) is 5.41 Å². The van der Waals surface area contributed by atoms with Crippen LogP contribution >= 0.6 is 0 Å². The van der Waals surface area contributed by atoms with E-state index in [4.69, 9.17) is 19.4 Å². The minimum absolute atomic E-state index is 0.0127. The quantitative estimate of drug-likeness (QED) is 0.186. The monoisotopic (exact) mass is 619 g/mol. The number of fused-ring (bicyclic) bond motifs is 7. The zero-order chi connectivity index (χ0) is 32.2. The maximum atomic E-state index is 6.80. The Balaban J connectivity index is 1.31. The molecule has 48 heavy (non-hydrogen) atoms. The van der Waals surface area contributed by atoms with E-state index in [2.05, 4.69) is 111 Å². The highest BCUT2D eigenvalue weighted by Crippen LogP contribution is 2.56. The molecule has 4 nitrogen and oxygen atoms in total. The minimum Gasteiger partial charge on any atom is -0.455 e. The average molecular weight is 620 g/mol. The molecule has 8 aromatic rings. The summed E-state index contributed by atoms with van der Waals surface area (Å²) in [7, 11) is 0. The molecule has 0 unspecified atom stereocenters. The predicted molar refractivity (Wildman–Crippen MR) is 196 cm³/mol. The van der Waals surface area contributed by atoms with Crippen molar-refractivity contribution < 1.29 is 4.42 Å². The SMILES string of the molecule is CCC1(CC)c2ccccc2-c2c1ccc1oc3c(-c4nc(-c5ccccc5)nc(-c5ccccc5-c5ccccc5)n4)cccc3c21. The Hall–Kier alpha value is -5.87. The number of nitrogens with zero attached hydrogens (tertiary/aromatic N) is 3. The molecule has 6 aromatic carbocycles. The van der Waals surface area contributed by atoms with E-state index >= 15 is 0 Å². The third kappa shape index (κ3) is 4.19. The lowest BCUT2D eigenvalue weighted by Crippen LogP contribution is -2.22. The molecule has 2 heterocycles. The second kappa shape index (κ2) is 11.1. The summed E-state index contributed by atoms with van der Waals surface area (Å²) in [6, 6.07) is 48.6. The van der Waals surface area contributed by atoms with Gasteiger partial charge in [-0.15, -0.1) is 0 Å². The lowest BCUT2D eigenvalue weighted by Gasteiger charge is -2.29. The van der Waals surface area contributed by atoms with Crippen LogP contribution in [-0.4, -0.2) is 15.0 Å². The fourth-order valence-electron chi connectivity index (χ4n) is 7.90. The van der Waals surface area contributed by atoms with Crippen molar-refractivity contribution in [3.05, 3.63) is 151 Å². The Labute approximate surface area is 279 Å². The first-order valence-corrected chi connectivity index (χ1v) is 16.8. The molecule has 1 aliphatic rings. The van der Waals surface area contributed by atoms with E-state index < -0.39 is 0 Å². The fraction of sp³-hybridized carbons (Fsp3) is 0.114. The number of rotatable bonds is 6. The van der Waals surface area contributed by atoms with Gasteiger partial charge in [0.2, 0.25) is 0 Å². The number of furan rings is 1. The molecule has 0 radical (unpaired) electrons. The third-order valence-corrected chi connectivity index (χ3v) is 10.3. The van der Waals surface area contributed by atoms with Crippen LogP contribution in [0.1, 0.15) is 37.8 Å². The maximum Gasteiger partial charge on any atom is 0.167 e. The molecule has 0 bridgehead atoms. The van der Waals surface area contributed by atoms with Gasteiger partial charge in [0.05, 0.1) is 5.56 Å². The van der Waals surface area contributed by atoms with E-state index in [0.29, 0.717) is 17.5 Å². The van der Waals surface area contributed by atoms with E-state index in [0.717, 1.165) is 62.6 Å². The van der Waals surface area contributed by atoms with E-state index in [1.54, 1.807) is 0 Å². The Bertz CT molecular complexity index is 2480. The van der Waals surface area contributed by atoms with Gasteiger partial charge in [-0.1, -0.05) is 141 Å². The molecular weight excluding hydrogens is 587 g/mol. The van der Waals surface area contributed by atoms with Crippen LogP contribution in [0.5, 0.6) is 0 Å². The molecule has 2 aromatic heterocycles. The van der Waals surface area contributed by atoms with Crippen molar-refractivity contribution >= 4 is 21.9 Å². The van der Waals surface area contributed by atoms with Crippen molar-refractivity contribution in [2.45, 2.75) is 32.1 Å². The zero-order valence-corrected chi connectivity index (χ0v) is 26.9. The molecule has 0 atom stereocenters. The van der Waals surface area contributed by atoms with Gasteiger partial charge in [-0.05, 0) is 58.4 Å². The van der Waals surface area contributed by atoms with Crippen LogP contribution in [0.15, 0.2) is 144 Å². The number of aromatic nitrogens is 3. The van der Waals surface area contributed by atoms with Gasteiger partial charge in [0.15, 0.2) is 17.5 Å². The summed E-state index contributed by atoms with van der Waals surface area (Å²) in [5, 5.41) is 2.23. The van der Waals surface area contributed by atoms with Gasteiger partial charge in [0, 0.05) is 27.3 Å². The summed E-state index contributed by atoms with van der Waals surface area (Å²) in [5.41, 5.74) is 12.0. The van der Waals surface area contributed by atoms with Crippen LogP contribution in [0.4, 0.5) is 0 Å². The van der Waals surface area contributed by atoms with Gasteiger partial charge in [0.25, 0.3) is 0 Å². The molecule has 0 saturated carbocycles. The molecule has 0 saturated heterocycles. The third-order valence-electron chi connectivity index (χ3n) is 10.3. The molecule has 1 aliphatic carbocycles. The highest BCUT2D eigenvalue weighted by molar-refractivity contribution is 6.17. The van der Waals surface area contributed by atoms with Gasteiger partial charge < -0.3 is 4.42 Å². The Kier molecular flexibility index (Phi) is 6.58. The molecular formula is C44H33N3O. The van der Waals surface area contributed by atoms with Crippen molar-refractivity contribution in [1.82, 2.24) is 15.0 Å². The first-order valence-electron chi connectivity index (χ1n) is 16.8. The average Bonchev–Trinajstić information content (AvgIpc) is 3.69. The minimum atomic E-state index is -0.0127. The van der Waals surface area contributed by atoms with Crippen LogP contribution in [0.3, 0.4) is 0 Å². The summed E-state index contributed by atoms with van der Waals surface area (Å²) in [5.74, 6) is 1.83. The van der Waals surface area contributed by atoms with Crippen LogP contribution in [0.2, 0.25) is 0 Å². The largest absolute Gasteiger partial charge is 0.455 e. The van der Waals surface area contributed by atoms with E-state index in [9.17, 15) is 0 Å².